The Kier molecular flexibility index (Phi) is 4.22. The Hall–Kier alpha value is -3.24. The van der Waals surface area contributed by atoms with Gasteiger partial charge in [0.1, 0.15) is 17.5 Å². The number of H-pyrrole nitrogens is 1. The van der Waals surface area contributed by atoms with Gasteiger partial charge < -0.3 is 5.32 Å². The maximum Gasteiger partial charge on any atom is 0.433 e. The van der Waals surface area contributed by atoms with Gasteiger partial charge in [-0.3, -0.25) is 9.78 Å². The van der Waals surface area contributed by atoms with Gasteiger partial charge in [0.15, 0.2) is 5.69 Å². The molecular weight excluding hydrogens is 361 g/mol. The minimum absolute atomic E-state index is 0.0236. The summed E-state index contributed by atoms with van der Waals surface area (Å²) in [5.41, 5.74) is -2.21. The van der Waals surface area contributed by atoms with Crippen LogP contribution in [0, 0.1) is 18.6 Å². The fourth-order valence-corrected chi connectivity index (χ4v) is 2.17. The monoisotopic (exact) mass is 371 g/mol. The van der Waals surface area contributed by atoms with Gasteiger partial charge in [0.2, 0.25) is 5.95 Å². The maximum absolute atomic E-state index is 13.8. The molecule has 0 saturated heterocycles. The zero-order valence-corrected chi connectivity index (χ0v) is 13.0. The van der Waals surface area contributed by atoms with Gasteiger partial charge in [-0.1, -0.05) is 0 Å². The Labute approximate surface area is 142 Å². The second kappa shape index (κ2) is 6.24. The molecule has 0 aliphatic rings. The number of nitrogens with zero attached hydrogens (tertiary/aromatic N) is 3. The number of halogens is 5. The van der Waals surface area contributed by atoms with Gasteiger partial charge in [0.25, 0.3) is 5.56 Å². The molecule has 0 saturated carbocycles. The molecule has 2 N–H and O–H groups in total. The average molecular weight is 371 g/mol. The molecule has 0 radical (unpaired) electrons. The fraction of sp³-hybridized carbons (Fsp3) is 0.133. The summed E-state index contributed by atoms with van der Waals surface area (Å²) < 4.78 is 66.3. The molecule has 6 nitrogen and oxygen atoms in total. The van der Waals surface area contributed by atoms with Crippen molar-refractivity contribution in [2.75, 3.05) is 5.32 Å². The number of aromatic amines is 1. The SMILES string of the molecule is Cc1cc(Nc2ccc(F)cc2F)n(-c2nc(C(F)(F)F)cc(=O)[nH]2)n1. The van der Waals surface area contributed by atoms with Gasteiger partial charge in [0.05, 0.1) is 11.4 Å². The Bertz CT molecular complexity index is 1020. The molecule has 0 aliphatic heterocycles. The summed E-state index contributed by atoms with van der Waals surface area (Å²) in [6.07, 6.45) is -4.83. The van der Waals surface area contributed by atoms with Gasteiger partial charge in [0, 0.05) is 18.2 Å². The highest BCUT2D eigenvalue weighted by molar-refractivity contribution is 5.58. The molecule has 3 aromatic rings. The quantitative estimate of drug-likeness (QED) is 0.693. The van der Waals surface area contributed by atoms with Crippen molar-refractivity contribution in [2.45, 2.75) is 13.1 Å². The van der Waals surface area contributed by atoms with Crippen molar-refractivity contribution in [1.82, 2.24) is 19.7 Å². The average Bonchev–Trinajstić information content (AvgIpc) is 2.89. The number of alkyl halides is 3. The largest absolute Gasteiger partial charge is 0.433 e. The number of rotatable bonds is 3. The zero-order valence-electron chi connectivity index (χ0n) is 13.0. The molecule has 0 unspecified atom stereocenters. The number of anilines is 2. The summed E-state index contributed by atoms with van der Waals surface area (Å²) in [4.78, 5) is 17.0. The van der Waals surface area contributed by atoms with Gasteiger partial charge in [-0.15, -0.1) is 0 Å². The molecule has 136 valence electrons. The van der Waals surface area contributed by atoms with Crippen molar-refractivity contribution in [3.8, 4) is 5.95 Å². The van der Waals surface area contributed by atoms with Crippen LogP contribution in [0.1, 0.15) is 11.4 Å². The van der Waals surface area contributed by atoms with Gasteiger partial charge in [-0.2, -0.15) is 23.0 Å². The van der Waals surface area contributed by atoms with E-state index in [1.165, 1.54) is 13.0 Å². The molecule has 1 aromatic carbocycles. The Morgan fingerprint density at radius 2 is 1.88 bits per heavy atom. The predicted octanol–water partition coefficient (Wildman–Crippen LogP) is 3.30. The van der Waals surface area contributed by atoms with Crippen LogP contribution in [-0.4, -0.2) is 19.7 Å². The third kappa shape index (κ3) is 3.55. The Balaban J connectivity index is 2.08. The second-order valence-corrected chi connectivity index (χ2v) is 5.28. The van der Waals surface area contributed by atoms with Crippen molar-refractivity contribution in [3.05, 3.63) is 63.7 Å². The summed E-state index contributed by atoms with van der Waals surface area (Å²) in [5, 5.41) is 6.53. The van der Waals surface area contributed by atoms with E-state index in [1.807, 2.05) is 0 Å². The highest BCUT2D eigenvalue weighted by atomic mass is 19.4. The number of benzene rings is 1. The fourth-order valence-electron chi connectivity index (χ4n) is 2.17. The van der Waals surface area contributed by atoms with Crippen LogP contribution in [-0.2, 0) is 6.18 Å². The van der Waals surface area contributed by atoms with E-state index in [0.29, 0.717) is 17.8 Å². The molecular formula is C15H10F5N5O. The summed E-state index contributed by atoms with van der Waals surface area (Å²) in [6, 6.07) is 4.46. The molecule has 2 aromatic heterocycles. The number of aromatic nitrogens is 4. The molecule has 11 heteroatoms. The van der Waals surface area contributed by atoms with E-state index in [0.717, 1.165) is 16.8 Å². The van der Waals surface area contributed by atoms with Crippen LogP contribution in [0.25, 0.3) is 5.95 Å². The summed E-state index contributed by atoms with van der Waals surface area (Å²) in [6.45, 7) is 1.54. The zero-order chi connectivity index (χ0) is 19.1. The van der Waals surface area contributed by atoms with Crippen LogP contribution >= 0.6 is 0 Å². The first-order valence-corrected chi connectivity index (χ1v) is 7.11. The van der Waals surface area contributed by atoms with Gasteiger partial charge in [-0.05, 0) is 19.1 Å². The predicted molar refractivity (Wildman–Crippen MR) is 81.4 cm³/mol. The van der Waals surface area contributed by atoms with Crippen LogP contribution in [0.5, 0.6) is 0 Å². The van der Waals surface area contributed by atoms with Crippen LogP contribution in [0.15, 0.2) is 35.1 Å². The third-order valence-electron chi connectivity index (χ3n) is 3.25. The minimum Gasteiger partial charge on any atom is -0.338 e. The maximum atomic E-state index is 13.8. The molecule has 0 fully saturated rings. The van der Waals surface area contributed by atoms with E-state index in [1.54, 1.807) is 0 Å². The molecule has 3 rings (SSSR count). The van der Waals surface area contributed by atoms with E-state index in [-0.39, 0.29) is 11.5 Å². The van der Waals surface area contributed by atoms with Crippen molar-refractivity contribution in [1.29, 1.82) is 0 Å². The van der Waals surface area contributed by atoms with E-state index < -0.39 is 35.0 Å². The minimum atomic E-state index is -4.83. The summed E-state index contributed by atoms with van der Waals surface area (Å²) >= 11 is 0. The van der Waals surface area contributed by atoms with Crippen molar-refractivity contribution < 1.29 is 22.0 Å². The lowest BCUT2D eigenvalue weighted by Gasteiger charge is -2.11. The molecule has 26 heavy (non-hydrogen) atoms. The Morgan fingerprint density at radius 1 is 1.15 bits per heavy atom. The lowest BCUT2D eigenvalue weighted by atomic mass is 10.3. The smallest absolute Gasteiger partial charge is 0.338 e. The molecule has 2 heterocycles. The number of aryl methyl sites for hydroxylation is 1. The highest BCUT2D eigenvalue weighted by Crippen LogP contribution is 2.28. The topological polar surface area (TPSA) is 75.6 Å². The number of hydrogen-bond donors (Lipinski definition) is 2. The summed E-state index contributed by atoms with van der Waals surface area (Å²) in [5.74, 6) is -2.19. The first-order valence-electron chi connectivity index (χ1n) is 7.11. The number of nitrogens with one attached hydrogen (secondary N) is 2. The van der Waals surface area contributed by atoms with Crippen molar-refractivity contribution in [2.24, 2.45) is 0 Å². The standard InChI is InChI=1S/C15H10F5N5O/c1-7-4-12(21-10-3-2-8(16)5-9(10)17)25(24-7)14-22-11(15(18,19)20)6-13(26)23-14/h2-6,21H,1H3,(H,22,23,26). The summed E-state index contributed by atoms with van der Waals surface area (Å²) in [7, 11) is 0. The first kappa shape index (κ1) is 17.6. The highest BCUT2D eigenvalue weighted by Gasteiger charge is 2.34. The lowest BCUT2D eigenvalue weighted by molar-refractivity contribution is -0.141. The van der Waals surface area contributed by atoms with Crippen LogP contribution in [0.4, 0.5) is 33.5 Å². The first-order chi connectivity index (χ1) is 12.1. The molecule has 0 spiro atoms. The van der Waals surface area contributed by atoms with Crippen LogP contribution < -0.4 is 10.9 Å². The van der Waals surface area contributed by atoms with E-state index in [2.05, 4.69) is 20.4 Å². The van der Waals surface area contributed by atoms with Crippen molar-refractivity contribution >= 4 is 11.5 Å². The lowest BCUT2D eigenvalue weighted by Crippen LogP contribution is -2.20. The second-order valence-electron chi connectivity index (χ2n) is 5.28. The van der Waals surface area contributed by atoms with Gasteiger partial charge >= 0.3 is 6.18 Å². The Morgan fingerprint density at radius 3 is 2.54 bits per heavy atom. The van der Waals surface area contributed by atoms with E-state index in [9.17, 15) is 26.7 Å². The molecule has 0 bridgehead atoms. The van der Waals surface area contributed by atoms with E-state index in [4.69, 9.17) is 0 Å². The molecule has 0 aliphatic carbocycles. The normalized spacial score (nSPS) is 11.6. The third-order valence-corrected chi connectivity index (χ3v) is 3.25. The number of hydrogen-bond acceptors (Lipinski definition) is 4. The van der Waals surface area contributed by atoms with Gasteiger partial charge in [-0.25, -0.2) is 13.8 Å². The van der Waals surface area contributed by atoms with Crippen LogP contribution in [0.3, 0.4) is 0 Å². The van der Waals surface area contributed by atoms with Crippen molar-refractivity contribution in [3.63, 3.8) is 0 Å². The molecule has 0 atom stereocenters. The molecule has 0 amide bonds. The van der Waals surface area contributed by atoms with Crippen LogP contribution in [0.2, 0.25) is 0 Å². The van der Waals surface area contributed by atoms with E-state index >= 15 is 0 Å².